The van der Waals surface area contributed by atoms with E-state index in [0.717, 1.165) is 21.5 Å². The first-order valence-corrected chi connectivity index (χ1v) is 11.0. The molecule has 2 aromatic carbocycles. The van der Waals surface area contributed by atoms with Gasteiger partial charge in [-0.15, -0.1) is 11.3 Å². The van der Waals surface area contributed by atoms with Crippen LogP contribution in [0.25, 0.3) is 11.3 Å². The number of hydrogen-bond donors (Lipinski definition) is 2. The fourth-order valence-corrected chi connectivity index (χ4v) is 4.13. The zero-order chi connectivity index (χ0) is 21.0. The van der Waals surface area contributed by atoms with Crippen molar-refractivity contribution in [2.45, 2.75) is 19.8 Å². The average Bonchev–Trinajstić information content (AvgIpc) is 3.16. The monoisotopic (exact) mass is 489 g/mol. The first-order valence-electron chi connectivity index (χ1n) is 8.89. The second-order valence-electron chi connectivity index (χ2n) is 6.57. The number of benzene rings is 2. The zero-order valence-electron chi connectivity index (χ0n) is 16.2. The molecule has 1 aromatic heterocycles. The van der Waals surface area contributed by atoms with E-state index in [1.807, 2.05) is 35.7 Å². The van der Waals surface area contributed by atoms with Crippen molar-refractivity contribution in [2.75, 3.05) is 12.4 Å². The Morgan fingerprint density at radius 2 is 1.93 bits per heavy atom. The van der Waals surface area contributed by atoms with Gasteiger partial charge in [-0.05, 0) is 70.0 Å². The van der Waals surface area contributed by atoms with E-state index in [1.165, 1.54) is 16.9 Å². The number of halogens is 1. The molecule has 0 aliphatic heterocycles. The number of nitrogens with zero attached hydrogens (tertiary/aromatic N) is 1. The Labute approximate surface area is 187 Å². The number of thiocarbonyl (C=S) groups is 1. The lowest BCUT2D eigenvalue weighted by Crippen LogP contribution is -2.34. The SMILES string of the molecule is COc1ccc(-c2csc(NC(=S)NC(=O)c3ccc(C(C)C)cc3)n2)cc1Br. The topological polar surface area (TPSA) is 63.2 Å². The molecule has 0 saturated heterocycles. The molecule has 0 radical (unpaired) electrons. The molecular formula is C21H20BrN3O2S2. The molecule has 1 amide bonds. The van der Waals surface area contributed by atoms with Crippen LogP contribution < -0.4 is 15.4 Å². The average molecular weight is 490 g/mol. The molecule has 1 heterocycles. The Morgan fingerprint density at radius 3 is 2.55 bits per heavy atom. The maximum atomic E-state index is 12.4. The molecule has 0 bridgehead atoms. The molecule has 0 unspecified atom stereocenters. The van der Waals surface area contributed by atoms with Crippen LogP contribution in [0.15, 0.2) is 52.3 Å². The highest BCUT2D eigenvalue weighted by atomic mass is 79.9. The van der Waals surface area contributed by atoms with E-state index in [2.05, 4.69) is 45.4 Å². The fraction of sp³-hybridized carbons (Fsp3) is 0.190. The first-order chi connectivity index (χ1) is 13.9. The summed E-state index contributed by atoms with van der Waals surface area (Å²) in [7, 11) is 1.62. The molecule has 29 heavy (non-hydrogen) atoms. The largest absolute Gasteiger partial charge is 0.496 e. The highest BCUT2D eigenvalue weighted by molar-refractivity contribution is 9.10. The maximum Gasteiger partial charge on any atom is 0.257 e. The number of hydrogen-bond acceptors (Lipinski definition) is 5. The number of anilines is 1. The van der Waals surface area contributed by atoms with E-state index in [1.54, 1.807) is 19.2 Å². The molecule has 150 valence electrons. The van der Waals surface area contributed by atoms with Crippen molar-refractivity contribution in [1.29, 1.82) is 0 Å². The molecule has 5 nitrogen and oxygen atoms in total. The van der Waals surface area contributed by atoms with Crippen molar-refractivity contribution < 1.29 is 9.53 Å². The summed E-state index contributed by atoms with van der Waals surface area (Å²) in [6, 6.07) is 13.3. The van der Waals surface area contributed by atoms with Crippen LogP contribution in [-0.2, 0) is 0 Å². The van der Waals surface area contributed by atoms with Crippen LogP contribution in [0.3, 0.4) is 0 Å². The lowest BCUT2D eigenvalue weighted by Gasteiger charge is -2.09. The van der Waals surface area contributed by atoms with Crippen LogP contribution >= 0.6 is 39.5 Å². The minimum Gasteiger partial charge on any atom is -0.496 e. The van der Waals surface area contributed by atoms with Crippen molar-refractivity contribution in [3.63, 3.8) is 0 Å². The summed E-state index contributed by atoms with van der Waals surface area (Å²) in [6.07, 6.45) is 0. The predicted molar refractivity (Wildman–Crippen MR) is 126 cm³/mol. The Hall–Kier alpha value is -2.29. The number of aromatic nitrogens is 1. The van der Waals surface area contributed by atoms with Crippen molar-refractivity contribution in [3.05, 3.63) is 63.4 Å². The van der Waals surface area contributed by atoms with Gasteiger partial charge >= 0.3 is 0 Å². The predicted octanol–water partition coefficient (Wildman–Crippen LogP) is 5.83. The summed E-state index contributed by atoms with van der Waals surface area (Å²) in [6.45, 7) is 4.22. The Morgan fingerprint density at radius 1 is 1.21 bits per heavy atom. The van der Waals surface area contributed by atoms with Crippen LogP contribution in [0, 0.1) is 0 Å². The van der Waals surface area contributed by atoms with Gasteiger partial charge in [0, 0.05) is 16.5 Å². The van der Waals surface area contributed by atoms with E-state index in [0.29, 0.717) is 16.6 Å². The van der Waals surface area contributed by atoms with E-state index < -0.39 is 0 Å². The van der Waals surface area contributed by atoms with E-state index in [9.17, 15) is 4.79 Å². The number of methoxy groups -OCH3 is 1. The smallest absolute Gasteiger partial charge is 0.257 e. The Bertz CT molecular complexity index is 1030. The second-order valence-corrected chi connectivity index (χ2v) is 8.69. The summed E-state index contributed by atoms with van der Waals surface area (Å²) in [4.78, 5) is 16.9. The van der Waals surface area contributed by atoms with Crippen molar-refractivity contribution in [2.24, 2.45) is 0 Å². The van der Waals surface area contributed by atoms with E-state index in [4.69, 9.17) is 17.0 Å². The summed E-state index contributed by atoms with van der Waals surface area (Å²) in [5.74, 6) is 0.918. The molecule has 0 aliphatic rings. The van der Waals surface area contributed by atoms with Gasteiger partial charge in [-0.3, -0.25) is 10.1 Å². The molecule has 3 aromatic rings. The third kappa shape index (κ3) is 5.41. The first kappa shape index (κ1) is 21.4. The molecule has 3 rings (SSSR count). The Kier molecular flexibility index (Phi) is 7.00. The van der Waals surface area contributed by atoms with E-state index in [-0.39, 0.29) is 11.0 Å². The quantitative estimate of drug-likeness (QED) is 0.441. The number of rotatable bonds is 5. The van der Waals surface area contributed by atoms with Gasteiger partial charge in [0.25, 0.3) is 5.91 Å². The molecule has 0 saturated carbocycles. The van der Waals surface area contributed by atoms with E-state index >= 15 is 0 Å². The number of thiazole rings is 1. The summed E-state index contributed by atoms with van der Waals surface area (Å²) >= 11 is 10.1. The zero-order valence-corrected chi connectivity index (χ0v) is 19.4. The lowest BCUT2D eigenvalue weighted by molar-refractivity contribution is 0.0977. The van der Waals surface area contributed by atoms with Crippen molar-refractivity contribution >= 4 is 55.6 Å². The van der Waals surface area contributed by atoms with Gasteiger partial charge in [-0.1, -0.05) is 26.0 Å². The molecular weight excluding hydrogens is 470 g/mol. The lowest BCUT2D eigenvalue weighted by atomic mass is 10.0. The van der Waals surface area contributed by atoms with Gasteiger partial charge < -0.3 is 10.1 Å². The third-order valence-electron chi connectivity index (χ3n) is 4.24. The highest BCUT2D eigenvalue weighted by Gasteiger charge is 2.12. The van der Waals surface area contributed by atoms with Crippen LogP contribution in [0.4, 0.5) is 5.13 Å². The fourth-order valence-electron chi connectivity index (χ4n) is 2.61. The van der Waals surface area contributed by atoms with Crippen LogP contribution in [0.1, 0.15) is 35.7 Å². The molecule has 0 fully saturated rings. The van der Waals surface area contributed by atoms with Gasteiger partial charge in [0.2, 0.25) is 0 Å². The van der Waals surface area contributed by atoms with Crippen LogP contribution in [0.5, 0.6) is 5.75 Å². The number of amides is 1. The number of nitrogens with one attached hydrogen (secondary N) is 2. The van der Waals surface area contributed by atoms with Gasteiger partial charge in [-0.25, -0.2) is 4.98 Å². The van der Waals surface area contributed by atoms with Crippen LogP contribution in [-0.4, -0.2) is 23.1 Å². The van der Waals surface area contributed by atoms with Gasteiger partial charge in [-0.2, -0.15) is 0 Å². The molecule has 0 aliphatic carbocycles. The molecule has 2 N–H and O–H groups in total. The van der Waals surface area contributed by atoms with Gasteiger partial charge in [0.05, 0.1) is 17.3 Å². The normalized spacial score (nSPS) is 10.7. The minimum atomic E-state index is -0.256. The third-order valence-corrected chi connectivity index (χ3v) is 5.82. The molecule has 0 spiro atoms. The van der Waals surface area contributed by atoms with Crippen molar-refractivity contribution in [3.8, 4) is 17.0 Å². The number of carbonyl (C=O) groups is 1. The summed E-state index contributed by atoms with van der Waals surface area (Å²) in [5.41, 5.74) is 3.49. The summed E-state index contributed by atoms with van der Waals surface area (Å²) in [5, 5.41) is 8.40. The number of ether oxygens (including phenoxy) is 1. The second kappa shape index (κ2) is 9.47. The van der Waals surface area contributed by atoms with Crippen LogP contribution in [0.2, 0.25) is 0 Å². The number of carbonyl (C=O) groups excluding carboxylic acids is 1. The highest BCUT2D eigenvalue weighted by Crippen LogP contribution is 2.32. The standard InChI is InChI=1S/C21H20BrN3O2S2/c1-12(2)13-4-6-14(7-5-13)19(26)24-20(28)25-21-23-17(11-29-21)15-8-9-18(27-3)16(22)10-15/h4-12H,1-3H3,(H2,23,24,25,26,28). The summed E-state index contributed by atoms with van der Waals surface area (Å²) < 4.78 is 6.10. The van der Waals surface area contributed by atoms with Crippen molar-refractivity contribution in [1.82, 2.24) is 10.3 Å². The van der Waals surface area contributed by atoms with Gasteiger partial charge in [0.1, 0.15) is 5.75 Å². The van der Waals surface area contributed by atoms with Gasteiger partial charge in [0.15, 0.2) is 10.2 Å². The molecule has 8 heteroatoms. The maximum absolute atomic E-state index is 12.4. The minimum absolute atomic E-state index is 0.208. The Balaban J connectivity index is 1.62. The molecule has 0 atom stereocenters.